The van der Waals surface area contributed by atoms with Crippen molar-refractivity contribution in [2.45, 2.75) is 39.2 Å². The minimum Gasteiger partial charge on any atom is -0.354 e. The normalized spacial score (nSPS) is 18.9. The summed E-state index contributed by atoms with van der Waals surface area (Å²) in [5.41, 5.74) is 1.16. The van der Waals surface area contributed by atoms with Crippen molar-refractivity contribution in [2.75, 3.05) is 43.9 Å². The second kappa shape index (κ2) is 6.88. The van der Waals surface area contributed by atoms with Crippen molar-refractivity contribution in [3.63, 3.8) is 0 Å². The van der Waals surface area contributed by atoms with Crippen LogP contribution in [0.4, 0.5) is 11.8 Å². The van der Waals surface area contributed by atoms with Crippen LogP contribution in [0.5, 0.6) is 0 Å². The van der Waals surface area contributed by atoms with E-state index in [4.69, 9.17) is 4.98 Å². The Balaban J connectivity index is 2.17. The number of nitrogens with zero attached hydrogens (tertiary/aromatic N) is 4. The maximum absolute atomic E-state index is 4.73. The van der Waals surface area contributed by atoms with Crippen LogP contribution in [0.25, 0.3) is 0 Å². The highest BCUT2D eigenvalue weighted by Gasteiger charge is 2.27. The lowest BCUT2D eigenvalue weighted by Crippen LogP contribution is -2.38. The quantitative estimate of drug-likeness (QED) is 0.863. The zero-order valence-corrected chi connectivity index (χ0v) is 13.2. The van der Waals surface area contributed by atoms with E-state index in [1.165, 1.54) is 12.8 Å². The largest absolute Gasteiger partial charge is 0.354 e. The molecule has 0 spiro atoms. The van der Waals surface area contributed by atoms with Gasteiger partial charge in [0.25, 0.3) is 0 Å². The molecule has 0 bridgehead atoms. The zero-order valence-electron chi connectivity index (χ0n) is 13.2. The maximum atomic E-state index is 4.73. The van der Waals surface area contributed by atoms with E-state index in [1.807, 2.05) is 6.20 Å². The highest BCUT2D eigenvalue weighted by Crippen LogP contribution is 2.27. The highest BCUT2D eigenvalue weighted by atomic mass is 15.3. The molecule has 20 heavy (non-hydrogen) atoms. The third-order valence-electron chi connectivity index (χ3n) is 3.70. The van der Waals surface area contributed by atoms with Crippen LogP contribution in [0.2, 0.25) is 0 Å². The van der Waals surface area contributed by atoms with Gasteiger partial charge < -0.3 is 15.1 Å². The van der Waals surface area contributed by atoms with Gasteiger partial charge in [0, 0.05) is 37.4 Å². The van der Waals surface area contributed by atoms with Crippen molar-refractivity contribution in [3.05, 3.63) is 11.8 Å². The Hall–Kier alpha value is -1.36. The Kier molecular flexibility index (Phi) is 5.17. The van der Waals surface area contributed by atoms with Gasteiger partial charge in [0.2, 0.25) is 5.95 Å². The molecule has 112 valence electrons. The van der Waals surface area contributed by atoms with Gasteiger partial charge >= 0.3 is 0 Å². The molecule has 1 fully saturated rings. The van der Waals surface area contributed by atoms with E-state index in [0.29, 0.717) is 6.04 Å². The summed E-state index contributed by atoms with van der Waals surface area (Å²) in [5, 5.41) is 3.28. The first kappa shape index (κ1) is 15.0. The molecule has 0 amide bonds. The fourth-order valence-corrected chi connectivity index (χ4v) is 2.77. The molecule has 1 saturated heterocycles. The van der Waals surface area contributed by atoms with Crippen LogP contribution in [0.15, 0.2) is 6.20 Å². The molecule has 1 unspecified atom stereocenters. The summed E-state index contributed by atoms with van der Waals surface area (Å²) >= 11 is 0. The smallest absolute Gasteiger partial charge is 0.224 e. The molecule has 2 rings (SSSR count). The number of hydrogen-bond donors (Lipinski definition) is 1. The summed E-state index contributed by atoms with van der Waals surface area (Å²) in [6, 6.07) is 0.567. The lowest BCUT2D eigenvalue weighted by atomic mass is 10.2. The first-order valence-electron chi connectivity index (χ1n) is 7.60. The van der Waals surface area contributed by atoms with Crippen LogP contribution < -0.4 is 10.2 Å². The zero-order chi connectivity index (χ0) is 14.5. The SMILES string of the molecule is CCCNc1ncc(C)c(N2CCCC2CN(C)C)n1. The number of hydrogen-bond acceptors (Lipinski definition) is 5. The Morgan fingerprint density at radius 2 is 2.25 bits per heavy atom. The fraction of sp³-hybridized carbons (Fsp3) is 0.733. The maximum Gasteiger partial charge on any atom is 0.224 e. The second-order valence-corrected chi connectivity index (χ2v) is 5.88. The number of likely N-dealkylation sites (N-methyl/N-ethyl adjacent to an activating group) is 1. The minimum atomic E-state index is 0.567. The van der Waals surface area contributed by atoms with Crippen LogP contribution in [-0.4, -0.2) is 54.6 Å². The monoisotopic (exact) mass is 277 g/mol. The molecule has 1 aromatic rings. The number of rotatable bonds is 6. The van der Waals surface area contributed by atoms with Gasteiger partial charge in [-0.3, -0.25) is 0 Å². The minimum absolute atomic E-state index is 0.567. The molecule has 1 atom stereocenters. The lowest BCUT2D eigenvalue weighted by Gasteiger charge is -2.29. The van der Waals surface area contributed by atoms with Crippen LogP contribution in [0, 0.1) is 6.92 Å². The van der Waals surface area contributed by atoms with E-state index < -0.39 is 0 Å². The number of aryl methyl sites for hydroxylation is 1. The van der Waals surface area contributed by atoms with Gasteiger partial charge in [-0.2, -0.15) is 4.98 Å². The van der Waals surface area contributed by atoms with Gasteiger partial charge in [0.15, 0.2) is 0 Å². The van der Waals surface area contributed by atoms with Crippen LogP contribution in [0.3, 0.4) is 0 Å². The van der Waals surface area contributed by atoms with Crippen molar-refractivity contribution in [3.8, 4) is 0 Å². The molecule has 1 aromatic heterocycles. The van der Waals surface area contributed by atoms with Crippen molar-refractivity contribution >= 4 is 11.8 Å². The lowest BCUT2D eigenvalue weighted by molar-refractivity contribution is 0.371. The second-order valence-electron chi connectivity index (χ2n) is 5.88. The van der Waals surface area contributed by atoms with E-state index >= 15 is 0 Å². The van der Waals surface area contributed by atoms with E-state index in [-0.39, 0.29) is 0 Å². The number of nitrogens with one attached hydrogen (secondary N) is 1. The van der Waals surface area contributed by atoms with Crippen LogP contribution >= 0.6 is 0 Å². The summed E-state index contributed by atoms with van der Waals surface area (Å²) < 4.78 is 0. The molecular formula is C15H27N5. The van der Waals surface area contributed by atoms with Gasteiger partial charge in [-0.1, -0.05) is 6.92 Å². The molecule has 5 nitrogen and oxygen atoms in total. The third kappa shape index (κ3) is 3.60. The van der Waals surface area contributed by atoms with E-state index in [0.717, 1.165) is 43.4 Å². The first-order valence-corrected chi connectivity index (χ1v) is 7.60. The van der Waals surface area contributed by atoms with E-state index in [2.05, 4.69) is 48.0 Å². The molecule has 0 radical (unpaired) electrons. The van der Waals surface area contributed by atoms with E-state index in [9.17, 15) is 0 Å². The predicted octanol–water partition coefficient (Wildman–Crippen LogP) is 2.14. The molecule has 2 heterocycles. The van der Waals surface area contributed by atoms with Crippen molar-refractivity contribution in [1.29, 1.82) is 0 Å². The van der Waals surface area contributed by atoms with Gasteiger partial charge in [-0.05, 0) is 40.3 Å². The summed E-state index contributed by atoms with van der Waals surface area (Å²) in [7, 11) is 4.27. The average molecular weight is 277 g/mol. The predicted molar refractivity (Wildman–Crippen MR) is 84.5 cm³/mol. The summed E-state index contributed by atoms with van der Waals surface area (Å²) in [4.78, 5) is 13.8. The fourth-order valence-electron chi connectivity index (χ4n) is 2.77. The molecule has 0 saturated carbocycles. The summed E-state index contributed by atoms with van der Waals surface area (Å²) in [6.07, 6.45) is 5.52. The summed E-state index contributed by atoms with van der Waals surface area (Å²) in [5.74, 6) is 1.85. The van der Waals surface area contributed by atoms with Gasteiger partial charge in [0.05, 0.1) is 0 Å². The van der Waals surface area contributed by atoms with E-state index in [1.54, 1.807) is 0 Å². The molecule has 1 aliphatic heterocycles. The highest BCUT2D eigenvalue weighted by molar-refractivity contribution is 5.50. The van der Waals surface area contributed by atoms with Crippen molar-refractivity contribution in [1.82, 2.24) is 14.9 Å². The number of aromatic nitrogens is 2. The van der Waals surface area contributed by atoms with Gasteiger partial charge in [-0.25, -0.2) is 4.98 Å². The molecule has 0 aliphatic carbocycles. The summed E-state index contributed by atoms with van der Waals surface area (Å²) in [6.45, 7) is 7.36. The standard InChI is InChI=1S/C15H27N5/c1-5-8-16-15-17-10-12(2)14(18-15)20-9-6-7-13(20)11-19(3)4/h10,13H,5-9,11H2,1-4H3,(H,16,17,18). The van der Waals surface area contributed by atoms with Gasteiger partial charge in [0.1, 0.15) is 5.82 Å². The van der Waals surface area contributed by atoms with Gasteiger partial charge in [-0.15, -0.1) is 0 Å². The molecule has 5 heteroatoms. The topological polar surface area (TPSA) is 44.3 Å². The Labute approximate surface area is 122 Å². The van der Waals surface area contributed by atoms with Crippen LogP contribution in [-0.2, 0) is 0 Å². The average Bonchev–Trinajstić information content (AvgIpc) is 2.85. The Morgan fingerprint density at radius 1 is 1.45 bits per heavy atom. The molecule has 1 N–H and O–H groups in total. The third-order valence-corrected chi connectivity index (χ3v) is 3.70. The Bertz CT molecular complexity index is 432. The van der Waals surface area contributed by atoms with Crippen LogP contribution in [0.1, 0.15) is 31.7 Å². The molecular weight excluding hydrogens is 250 g/mol. The Morgan fingerprint density at radius 3 is 2.95 bits per heavy atom. The van der Waals surface area contributed by atoms with Crippen molar-refractivity contribution in [2.24, 2.45) is 0 Å². The molecule has 1 aliphatic rings. The first-order chi connectivity index (χ1) is 9.61. The number of anilines is 2. The molecule has 0 aromatic carbocycles. The van der Waals surface area contributed by atoms with Crippen molar-refractivity contribution < 1.29 is 0 Å².